The largest absolute Gasteiger partial charge is 0.472 e. The van der Waals surface area contributed by atoms with Crippen molar-refractivity contribution in [2.75, 3.05) is 26.4 Å². The maximum atomic E-state index is 11.9. The molecule has 9 heteroatoms. The number of rotatable bonds is 23. The number of allylic oxidation sites excluding steroid dienone is 6. The van der Waals surface area contributed by atoms with Crippen molar-refractivity contribution in [2.24, 2.45) is 5.73 Å². The lowest BCUT2D eigenvalue weighted by Gasteiger charge is -2.17. The fourth-order valence-corrected chi connectivity index (χ4v) is 3.70. The van der Waals surface area contributed by atoms with Crippen LogP contribution in [0.3, 0.4) is 0 Å². The van der Waals surface area contributed by atoms with E-state index >= 15 is 0 Å². The second-order valence-electron chi connectivity index (χ2n) is 8.01. The Morgan fingerprint density at radius 2 is 1.50 bits per heavy atom. The van der Waals surface area contributed by atoms with E-state index in [0.29, 0.717) is 6.42 Å². The standard InChI is InChI=1S/C25H46NO7P/c1-2-3-4-5-6-7-8-9-10-11-12-13-14-15-16-17-18-19-25(28)33-24(22-27)23-32-34(29,30)31-21-20-26/h9-10,12-13,15-16,24,27H,2-8,11,14,17-23,26H2,1H3,(H,29,30)/b10-9-,13-12-,16-15-/t24-/m1/s1. The van der Waals surface area contributed by atoms with Crippen LogP contribution in [0.15, 0.2) is 36.5 Å². The molecule has 0 aromatic heterocycles. The van der Waals surface area contributed by atoms with Crippen molar-refractivity contribution in [3.8, 4) is 0 Å². The molecule has 0 saturated heterocycles. The SMILES string of the molecule is CCCCCCCC/C=C\C/C=C\C/C=C\CCCC(=O)O[C@H](CO)COP(=O)(O)OCCN. The van der Waals surface area contributed by atoms with Crippen molar-refractivity contribution < 1.29 is 33.1 Å². The van der Waals surface area contributed by atoms with E-state index in [1.54, 1.807) is 0 Å². The molecule has 0 fully saturated rings. The Labute approximate surface area is 205 Å². The van der Waals surface area contributed by atoms with Gasteiger partial charge in [0, 0.05) is 13.0 Å². The zero-order valence-corrected chi connectivity index (χ0v) is 21.7. The molecule has 0 aliphatic heterocycles. The Hall–Kier alpha value is -1.28. The van der Waals surface area contributed by atoms with Gasteiger partial charge in [-0.1, -0.05) is 75.5 Å². The number of nitrogens with two attached hydrogens (primary N) is 1. The van der Waals surface area contributed by atoms with E-state index in [0.717, 1.165) is 19.3 Å². The van der Waals surface area contributed by atoms with E-state index in [1.807, 2.05) is 6.08 Å². The first kappa shape index (κ1) is 32.7. The third-order valence-corrected chi connectivity index (χ3v) is 5.80. The van der Waals surface area contributed by atoms with Crippen LogP contribution in [0.5, 0.6) is 0 Å². The van der Waals surface area contributed by atoms with E-state index in [9.17, 15) is 19.4 Å². The van der Waals surface area contributed by atoms with Gasteiger partial charge >= 0.3 is 13.8 Å². The third-order valence-electron chi connectivity index (χ3n) is 4.82. The summed E-state index contributed by atoms with van der Waals surface area (Å²) in [5, 5.41) is 9.26. The molecule has 0 amide bonds. The summed E-state index contributed by atoms with van der Waals surface area (Å²) in [6.45, 7) is 1.19. The van der Waals surface area contributed by atoms with E-state index in [2.05, 4.69) is 41.8 Å². The number of aliphatic hydroxyl groups excluding tert-OH is 1. The number of unbranched alkanes of at least 4 members (excludes halogenated alkanes) is 7. The molecule has 0 saturated carbocycles. The molecule has 0 aliphatic rings. The van der Waals surface area contributed by atoms with Gasteiger partial charge in [0.2, 0.25) is 0 Å². The average Bonchev–Trinajstić information content (AvgIpc) is 2.82. The first-order valence-corrected chi connectivity index (χ1v) is 14.0. The second-order valence-corrected chi connectivity index (χ2v) is 9.47. The average molecular weight is 504 g/mol. The summed E-state index contributed by atoms with van der Waals surface area (Å²) in [6.07, 6.45) is 24.3. The minimum absolute atomic E-state index is 0.0633. The highest BCUT2D eigenvalue weighted by Gasteiger charge is 2.24. The number of phosphoric acid groups is 1. The molecular weight excluding hydrogens is 457 g/mol. The molecule has 34 heavy (non-hydrogen) atoms. The highest BCUT2D eigenvalue weighted by molar-refractivity contribution is 7.47. The zero-order chi connectivity index (χ0) is 25.3. The number of hydrogen-bond donors (Lipinski definition) is 3. The van der Waals surface area contributed by atoms with E-state index in [4.69, 9.17) is 15.0 Å². The number of hydrogen-bond acceptors (Lipinski definition) is 7. The Bertz CT molecular complexity index is 622. The van der Waals surface area contributed by atoms with Gasteiger partial charge in [0.05, 0.1) is 19.8 Å². The van der Waals surface area contributed by atoms with Gasteiger partial charge in [-0.05, 0) is 38.5 Å². The number of carbonyl (C=O) groups is 1. The molecular formula is C25H46NO7P. The molecule has 8 nitrogen and oxygen atoms in total. The lowest BCUT2D eigenvalue weighted by molar-refractivity contribution is -0.153. The molecule has 4 N–H and O–H groups in total. The van der Waals surface area contributed by atoms with Gasteiger partial charge in [-0.2, -0.15) is 0 Å². The summed E-state index contributed by atoms with van der Waals surface area (Å²) in [5.41, 5.74) is 5.19. The summed E-state index contributed by atoms with van der Waals surface area (Å²) in [5.74, 6) is -0.501. The van der Waals surface area contributed by atoms with E-state index in [1.165, 1.54) is 44.9 Å². The highest BCUT2D eigenvalue weighted by Crippen LogP contribution is 2.42. The fraction of sp³-hybridized carbons (Fsp3) is 0.720. The number of phosphoric ester groups is 1. The first-order valence-electron chi connectivity index (χ1n) is 12.5. The molecule has 1 unspecified atom stereocenters. The minimum Gasteiger partial charge on any atom is -0.457 e. The normalized spacial score (nSPS) is 14.8. The van der Waals surface area contributed by atoms with Gasteiger partial charge in [0.15, 0.2) is 0 Å². The smallest absolute Gasteiger partial charge is 0.457 e. The predicted molar refractivity (Wildman–Crippen MR) is 136 cm³/mol. The zero-order valence-electron chi connectivity index (χ0n) is 20.8. The summed E-state index contributed by atoms with van der Waals surface area (Å²) in [7, 11) is -4.28. The molecule has 0 aromatic carbocycles. The summed E-state index contributed by atoms with van der Waals surface area (Å²) in [6, 6.07) is 0. The molecule has 0 heterocycles. The molecule has 2 atom stereocenters. The minimum atomic E-state index is -4.28. The summed E-state index contributed by atoms with van der Waals surface area (Å²) < 4.78 is 25.9. The van der Waals surface area contributed by atoms with Crippen molar-refractivity contribution in [3.63, 3.8) is 0 Å². The Balaban J connectivity index is 3.77. The second kappa shape index (κ2) is 23.5. The lowest BCUT2D eigenvalue weighted by atomic mass is 10.1. The van der Waals surface area contributed by atoms with Gasteiger partial charge in [-0.15, -0.1) is 0 Å². The highest BCUT2D eigenvalue weighted by atomic mass is 31.2. The van der Waals surface area contributed by atoms with Crippen LogP contribution in [0.1, 0.15) is 84.0 Å². The van der Waals surface area contributed by atoms with Gasteiger partial charge in [-0.25, -0.2) is 4.57 Å². The summed E-state index contributed by atoms with van der Waals surface area (Å²) in [4.78, 5) is 21.3. The lowest BCUT2D eigenvalue weighted by Crippen LogP contribution is -2.27. The van der Waals surface area contributed by atoms with Crippen LogP contribution in [0.4, 0.5) is 0 Å². The molecule has 0 rings (SSSR count). The van der Waals surface area contributed by atoms with Gasteiger partial charge in [-0.3, -0.25) is 13.8 Å². The van der Waals surface area contributed by atoms with E-state index in [-0.39, 0.29) is 19.6 Å². The van der Waals surface area contributed by atoms with Gasteiger partial charge in [0.25, 0.3) is 0 Å². The maximum Gasteiger partial charge on any atom is 0.472 e. The van der Waals surface area contributed by atoms with E-state index < -0.39 is 33.1 Å². The van der Waals surface area contributed by atoms with Crippen molar-refractivity contribution >= 4 is 13.8 Å². The van der Waals surface area contributed by atoms with Crippen molar-refractivity contribution in [1.29, 1.82) is 0 Å². The molecule has 0 aromatic rings. The third kappa shape index (κ3) is 22.5. The number of aliphatic hydroxyl groups is 1. The van der Waals surface area contributed by atoms with Crippen molar-refractivity contribution in [2.45, 2.75) is 90.1 Å². The van der Waals surface area contributed by atoms with Crippen LogP contribution in [-0.2, 0) is 23.1 Å². The quantitative estimate of drug-likeness (QED) is 0.0736. The van der Waals surface area contributed by atoms with Crippen LogP contribution in [-0.4, -0.2) is 48.4 Å². The van der Waals surface area contributed by atoms with Crippen LogP contribution in [0, 0.1) is 0 Å². The number of esters is 1. The molecule has 198 valence electrons. The van der Waals surface area contributed by atoms with Crippen LogP contribution < -0.4 is 5.73 Å². The molecule has 0 aliphatic carbocycles. The van der Waals surface area contributed by atoms with Crippen LogP contribution >= 0.6 is 7.82 Å². The van der Waals surface area contributed by atoms with Gasteiger partial charge < -0.3 is 20.5 Å². The Morgan fingerprint density at radius 1 is 0.912 bits per heavy atom. The maximum absolute atomic E-state index is 11.9. The fourth-order valence-electron chi connectivity index (χ4n) is 2.94. The predicted octanol–water partition coefficient (Wildman–Crippen LogP) is 5.35. The van der Waals surface area contributed by atoms with Gasteiger partial charge in [0.1, 0.15) is 6.10 Å². The molecule has 0 bridgehead atoms. The Kier molecular flexibility index (Phi) is 22.6. The Morgan fingerprint density at radius 3 is 2.12 bits per heavy atom. The molecule has 0 spiro atoms. The first-order chi connectivity index (χ1) is 16.4. The van der Waals surface area contributed by atoms with Crippen LogP contribution in [0.25, 0.3) is 0 Å². The topological polar surface area (TPSA) is 128 Å². The monoisotopic (exact) mass is 503 g/mol. The van der Waals surface area contributed by atoms with Crippen molar-refractivity contribution in [1.82, 2.24) is 0 Å². The summed E-state index contributed by atoms with van der Waals surface area (Å²) >= 11 is 0. The van der Waals surface area contributed by atoms with Crippen LogP contribution in [0.2, 0.25) is 0 Å². The van der Waals surface area contributed by atoms with Crippen molar-refractivity contribution in [3.05, 3.63) is 36.5 Å². The number of ether oxygens (including phenoxy) is 1. The number of carbonyl (C=O) groups excluding carboxylic acids is 1. The molecule has 0 radical (unpaired) electrons.